The van der Waals surface area contributed by atoms with Crippen molar-refractivity contribution in [1.82, 2.24) is 4.98 Å². The van der Waals surface area contributed by atoms with Crippen LogP contribution < -0.4 is 0 Å². The van der Waals surface area contributed by atoms with E-state index in [1.165, 1.54) is 30.7 Å². The minimum absolute atomic E-state index is 0.644. The van der Waals surface area contributed by atoms with E-state index in [1.54, 1.807) is 11.3 Å². The molecule has 2 nitrogen and oxygen atoms in total. The van der Waals surface area contributed by atoms with Crippen molar-refractivity contribution in [3.05, 3.63) is 15.6 Å². The Labute approximate surface area is 82.2 Å². The van der Waals surface area contributed by atoms with E-state index in [9.17, 15) is 0 Å². The number of rotatable bonds is 1. The summed E-state index contributed by atoms with van der Waals surface area (Å²) in [5, 5.41) is 9.98. The molecule has 0 N–H and O–H groups in total. The molecular formula is C10H12N2S. The van der Waals surface area contributed by atoms with Crippen LogP contribution in [0, 0.1) is 18.3 Å². The molecule has 0 unspecified atom stereocenters. The summed E-state index contributed by atoms with van der Waals surface area (Å²) in [5.41, 5.74) is 0.911. The third kappa shape index (κ3) is 1.59. The zero-order chi connectivity index (χ0) is 9.26. The van der Waals surface area contributed by atoms with Gasteiger partial charge in [0.25, 0.3) is 0 Å². The highest BCUT2D eigenvalue weighted by atomic mass is 32.1. The van der Waals surface area contributed by atoms with Gasteiger partial charge in [-0.3, -0.25) is 0 Å². The van der Waals surface area contributed by atoms with Gasteiger partial charge >= 0.3 is 0 Å². The minimum Gasteiger partial charge on any atom is -0.245 e. The molecule has 0 spiro atoms. The standard InChI is InChI=1S/C10H12N2S/c1-7-9(6-11)13-10(12-7)8-4-2-3-5-8/h8H,2-5H2,1H3. The fourth-order valence-corrected chi connectivity index (χ4v) is 2.90. The van der Waals surface area contributed by atoms with Crippen molar-refractivity contribution >= 4 is 11.3 Å². The lowest BCUT2D eigenvalue weighted by Crippen LogP contribution is -1.90. The summed E-state index contributed by atoms with van der Waals surface area (Å²) in [5.74, 6) is 0.644. The number of nitriles is 1. The smallest absolute Gasteiger partial charge is 0.127 e. The number of thiazole rings is 1. The molecule has 0 radical (unpaired) electrons. The Bertz CT molecular complexity index is 342. The largest absolute Gasteiger partial charge is 0.245 e. The highest BCUT2D eigenvalue weighted by Gasteiger charge is 2.21. The van der Waals surface area contributed by atoms with Gasteiger partial charge in [-0.05, 0) is 19.8 Å². The molecule has 0 aliphatic heterocycles. The maximum Gasteiger partial charge on any atom is 0.127 e. The molecule has 1 fully saturated rings. The molecular weight excluding hydrogens is 180 g/mol. The molecule has 1 aliphatic carbocycles. The number of nitrogens with zero attached hydrogens (tertiary/aromatic N) is 2. The zero-order valence-corrected chi connectivity index (χ0v) is 8.52. The number of aryl methyl sites for hydroxylation is 1. The first-order chi connectivity index (χ1) is 6.31. The number of aromatic nitrogens is 1. The molecule has 1 heterocycles. The van der Waals surface area contributed by atoms with Gasteiger partial charge in [-0.1, -0.05) is 12.8 Å². The maximum absolute atomic E-state index is 8.79. The monoisotopic (exact) mass is 192 g/mol. The third-order valence-corrected chi connectivity index (χ3v) is 3.84. The zero-order valence-electron chi connectivity index (χ0n) is 7.71. The Kier molecular flexibility index (Phi) is 2.32. The molecule has 1 aromatic heterocycles. The highest BCUT2D eigenvalue weighted by Crippen LogP contribution is 2.36. The molecule has 0 amide bonds. The van der Waals surface area contributed by atoms with Gasteiger partial charge in [0, 0.05) is 5.92 Å². The summed E-state index contributed by atoms with van der Waals surface area (Å²) in [6, 6.07) is 2.20. The molecule has 13 heavy (non-hydrogen) atoms. The summed E-state index contributed by atoms with van der Waals surface area (Å²) in [7, 11) is 0. The normalized spacial score (nSPS) is 17.5. The SMILES string of the molecule is Cc1nc(C2CCCC2)sc1C#N. The van der Waals surface area contributed by atoms with Crippen molar-refractivity contribution < 1.29 is 0 Å². The van der Waals surface area contributed by atoms with Gasteiger partial charge in [0.15, 0.2) is 0 Å². The van der Waals surface area contributed by atoms with Crippen molar-refractivity contribution in [2.75, 3.05) is 0 Å². The fourth-order valence-electron chi connectivity index (χ4n) is 1.87. The Balaban J connectivity index is 2.26. The second-order valence-corrected chi connectivity index (χ2v) is 4.59. The molecule has 0 atom stereocenters. The van der Waals surface area contributed by atoms with E-state index in [4.69, 9.17) is 5.26 Å². The lowest BCUT2D eigenvalue weighted by atomic mass is 10.1. The van der Waals surface area contributed by atoms with Gasteiger partial charge in [0.2, 0.25) is 0 Å². The Morgan fingerprint density at radius 2 is 2.15 bits per heavy atom. The average molecular weight is 192 g/mol. The van der Waals surface area contributed by atoms with Crippen molar-refractivity contribution in [3.8, 4) is 6.07 Å². The van der Waals surface area contributed by atoms with Crippen LogP contribution in [0.5, 0.6) is 0 Å². The van der Waals surface area contributed by atoms with Gasteiger partial charge < -0.3 is 0 Å². The maximum atomic E-state index is 8.79. The van der Waals surface area contributed by atoms with Gasteiger partial charge in [-0.25, -0.2) is 4.98 Å². The summed E-state index contributed by atoms with van der Waals surface area (Å²) < 4.78 is 0. The summed E-state index contributed by atoms with van der Waals surface area (Å²) in [6.07, 6.45) is 5.17. The van der Waals surface area contributed by atoms with Crippen LogP contribution in [0.3, 0.4) is 0 Å². The quantitative estimate of drug-likeness (QED) is 0.686. The van der Waals surface area contributed by atoms with Gasteiger partial charge in [0.05, 0.1) is 10.7 Å². The molecule has 0 bridgehead atoms. The van der Waals surface area contributed by atoms with Crippen LogP contribution in [0.25, 0.3) is 0 Å². The van der Waals surface area contributed by atoms with Gasteiger partial charge in [-0.15, -0.1) is 11.3 Å². The predicted molar refractivity (Wildman–Crippen MR) is 52.8 cm³/mol. The van der Waals surface area contributed by atoms with Crippen molar-refractivity contribution in [2.24, 2.45) is 0 Å². The van der Waals surface area contributed by atoms with Crippen LogP contribution in [0.2, 0.25) is 0 Å². The Morgan fingerprint density at radius 3 is 2.69 bits per heavy atom. The van der Waals surface area contributed by atoms with Crippen LogP contribution >= 0.6 is 11.3 Å². The first-order valence-electron chi connectivity index (χ1n) is 4.68. The minimum atomic E-state index is 0.644. The summed E-state index contributed by atoms with van der Waals surface area (Å²) in [6.45, 7) is 1.92. The van der Waals surface area contributed by atoms with E-state index >= 15 is 0 Å². The van der Waals surface area contributed by atoms with Crippen LogP contribution in [-0.2, 0) is 0 Å². The molecule has 1 aliphatic rings. The summed E-state index contributed by atoms with van der Waals surface area (Å²) in [4.78, 5) is 5.25. The second-order valence-electron chi connectivity index (χ2n) is 3.56. The molecule has 1 saturated carbocycles. The van der Waals surface area contributed by atoms with Crippen molar-refractivity contribution in [2.45, 2.75) is 38.5 Å². The Hall–Kier alpha value is -0.880. The van der Waals surface area contributed by atoms with Crippen LogP contribution in [0.4, 0.5) is 0 Å². The third-order valence-electron chi connectivity index (χ3n) is 2.62. The topological polar surface area (TPSA) is 36.7 Å². The van der Waals surface area contributed by atoms with E-state index in [0.717, 1.165) is 10.6 Å². The van der Waals surface area contributed by atoms with Crippen molar-refractivity contribution in [1.29, 1.82) is 5.26 Å². The lowest BCUT2D eigenvalue weighted by molar-refractivity contribution is 0.714. The second kappa shape index (κ2) is 3.47. The lowest BCUT2D eigenvalue weighted by Gasteiger charge is -2.01. The number of hydrogen-bond donors (Lipinski definition) is 0. The van der Waals surface area contributed by atoms with Crippen LogP contribution in [0.1, 0.15) is 47.2 Å². The van der Waals surface area contributed by atoms with Crippen LogP contribution in [-0.4, -0.2) is 4.98 Å². The molecule has 3 heteroatoms. The molecule has 1 aromatic rings. The van der Waals surface area contributed by atoms with Crippen LogP contribution in [0.15, 0.2) is 0 Å². The molecule has 2 rings (SSSR count). The van der Waals surface area contributed by atoms with E-state index in [1.807, 2.05) is 6.92 Å². The molecule has 68 valence electrons. The first kappa shape index (κ1) is 8.71. The first-order valence-corrected chi connectivity index (χ1v) is 5.50. The predicted octanol–water partition coefficient (Wildman–Crippen LogP) is 2.98. The fraction of sp³-hybridized carbons (Fsp3) is 0.600. The van der Waals surface area contributed by atoms with E-state index in [-0.39, 0.29) is 0 Å². The van der Waals surface area contributed by atoms with E-state index in [2.05, 4.69) is 11.1 Å². The molecule has 0 saturated heterocycles. The van der Waals surface area contributed by atoms with Gasteiger partial charge in [-0.2, -0.15) is 5.26 Å². The summed E-state index contributed by atoms with van der Waals surface area (Å²) >= 11 is 1.58. The van der Waals surface area contributed by atoms with Gasteiger partial charge in [0.1, 0.15) is 10.9 Å². The van der Waals surface area contributed by atoms with E-state index < -0.39 is 0 Å². The Morgan fingerprint density at radius 1 is 1.46 bits per heavy atom. The van der Waals surface area contributed by atoms with Crippen molar-refractivity contribution in [3.63, 3.8) is 0 Å². The van der Waals surface area contributed by atoms with E-state index in [0.29, 0.717) is 5.92 Å². The highest BCUT2D eigenvalue weighted by molar-refractivity contribution is 7.12. The number of hydrogen-bond acceptors (Lipinski definition) is 3. The average Bonchev–Trinajstić information content (AvgIpc) is 2.71. The molecule has 0 aromatic carbocycles.